The van der Waals surface area contributed by atoms with Gasteiger partial charge in [0, 0.05) is 33.1 Å². The largest absolute Gasteiger partial charge is 0.497 e. The van der Waals surface area contributed by atoms with Crippen molar-refractivity contribution in [1.82, 2.24) is 14.7 Å². The number of hydrogen-bond donors (Lipinski definition) is 0. The van der Waals surface area contributed by atoms with Crippen molar-refractivity contribution in [3.05, 3.63) is 47.3 Å². The molecule has 1 aromatic heterocycles. The summed E-state index contributed by atoms with van der Waals surface area (Å²) in [5, 5.41) is 4.56. The van der Waals surface area contributed by atoms with Gasteiger partial charge in [-0.3, -0.25) is 9.48 Å². The summed E-state index contributed by atoms with van der Waals surface area (Å²) >= 11 is 0. The molecule has 1 amide bonds. The molecule has 0 aliphatic heterocycles. The molecule has 0 saturated carbocycles. The molecule has 0 bridgehead atoms. The first kappa shape index (κ1) is 18.0. The van der Waals surface area contributed by atoms with Gasteiger partial charge >= 0.3 is 6.09 Å². The standard InChI is InChI=1S/C19H23N3O4/c1-21(2)19(24)26-15-8-9-18(23)16-12-22(20-17(16)10-15)11-13-4-6-14(25-3)7-5-13/h4-7,12,15H,8-11H2,1-3H3. The van der Waals surface area contributed by atoms with E-state index in [0.717, 1.165) is 11.3 Å². The van der Waals surface area contributed by atoms with Gasteiger partial charge in [-0.15, -0.1) is 0 Å². The molecule has 7 nitrogen and oxygen atoms in total. The summed E-state index contributed by atoms with van der Waals surface area (Å²) in [6, 6.07) is 7.72. The molecule has 26 heavy (non-hydrogen) atoms. The number of Topliss-reactive ketones (excluding diaryl/α,β-unsaturated/α-hetero) is 1. The molecule has 7 heteroatoms. The molecule has 0 radical (unpaired) electrons. The number of hydrogen-bond acceptors (Lipinski definition) is 5. The highest BCUT2D eigenvalue weighted by atomic mass is 16.6. The van der Waals surface area contributed by atoms with E-state index in [9.17, 15) is 9.59 Å². The second kappa shape index (κ2) is 7.59. The number of aromatic nitrogens is 2. The molecular weight excluding hydrogens is 334 g/mol. The molecule has 0 N–H and O–H groups in total. The van der Waals surface area contributed by atoms with E-state index in [2.05, 4.69) is 5.10 Å². The van der Waals surface area contributed by atoms with E-state index in [1.165, 1.54) is 4.90 Å². The van der Waals surface area contributed by atoms with Gasteiger partial charge in [0.25, 0.3) is 0 Å². The van der Waals surface area contributed by atoms with Crippen LogP contribution >= 0.6 is 0 Å². The number of carbonyl (C=O) groups is 2. The Balaban J connectivity index is 1.75. The van der Waals surface area contributed by atoms with Crippen LogP contribution in [0.25, 0.3) is 0 Å². The van der Waals surface area contributed by atoms with Gasteiger partial charge in [0.2, 0.25) is 0 Å². The van der Waals surface area contributed by atoms with E-state index in [0.29, 0.717) is 37.1 Å². The van der Waals surface area contributed by atoms with Gasteiger partial charge in [0.1, 0.15) is 11.9 Å². The lowest BCUT2D eigenvalue weighted by atomic mass is 10.1. The van der Waals surface area contributed by atoms with Crippen LogP contribution in [0.5, 0.6) is 5.75 Å². The van der Waals surface area contributed by atoms with Crippen molar-refractivity contribution in [3.8, 4) is 5.75 Å². The van der Waals surface area contributed by atoms with Crippen LogP contribution in [0.15, 0.2) is 30.5 Å². The molecule has 0 fully saturated rings. The maximum atomic E-state index is 12.4. The highest BCUT2D eigenvalue weighted by molar-refractivity contribution is 5.97. The molecule has 1 aliphatic carbocycles. The summed E-state index contributed by atoms with van der Waals surface area (Å²) < 4.78 is 12.4. The minimum atomic E-state index is -0.399. The normalized spacial score (nSPS) is 16.6. The first-order valence-electron chi connectivity index (χ1n) is 8.56. The van der Waals surface area contributed by atoms with Crippen LogP contribution in [0.4, 0.5) is 4.79 Å². The number of methoxy groups -OCH3 is 1. The van der Waals surface area contributed by atoms with Crippen molar-refractivity contribution in [2.75, 3.05) is 21.2 Å². The fraction of sp³-hybridized carbons (Fsp3) is 0.421. The van der Waals surface area contributed by atoms with Crippen molar-refractivity contribution >= 4 is 11.9 Å². The number of fused-ring (bicyclic) bond motifs is 1. The molecular formula is C19H23N3O4. The summed E-state index contributed by atoms with van der Waals surface area (Å²) in [5.41, 5.74) is 2.38. The lowest BCUT2D eigenvalue weighted by molar-refractivity contribution is 0.0678. The predicted molar refractivity (Wildman–Crippen MR) is 95.5 cm³/mol. The van der Waals surface area contributed by atoms with Crippen molar-refractivity contribution < 1.29 is 19.1 Å². The maximum Gasteiger partial charge on any atom is 0.409 e. The van der Waals surface area contributed by atoms with Crippen molar-refractivity contribution in [3.63, 3.8) is 0 Å². The van der Waals surface area contributed by atoms with Crippen LogP contribution in [-0.2, 0) is 17.7 Å². The van der Waals surface area contributed by atoms with Crippen LogP contribution in [0.3, 0.4) is 0 Å². The quantitative estimate of drug-likeness (QED) is 0.786. The van der Waals surface area contributed by atoms with Crippen molar-refractivity contribution in [1.29, 1.82) is 0 Å². The fourth-order valence-electron chi connectivity index (χ4n) is 2.94. The van der Waals surface area contributed by atoms with Crippen LogP contribution in [0, 0.1) is 0 Å². The average Bonchev–Trinajstić information content (AvgIpc) is 2.96. The molecule has 1 atom stereocenters. The molecule has 3 rings (SSSR count). The summed E-state index contributed by atoms with van der Waals surface area (Å²) in [4.78, 5) is 25.6. The van der Waals surface area contributed by atoms with Gasteiger partial charge in [-0.1, -0.05) is 12.1 Å². The van der Waals surface area contributed by atoms with Gasteiger partial charge in [-0.2, -0.15) is 5.10 Å². The van der Waals surface area contributed by atoms with Crippen LogP contribution in [0.1, 0.15) is 34.5 Å². The molecule has 1 aromatic carbocycles. The Hall–Kier alpha value is -2.83. The van der Waals surface area contributed by atoms with Crippen LogP contribution in [0.2, 0.25) is 0 Å². The number of ether oxygens (including phenoxy) is 2. The molecule has 1 aliphatic rings. The van der Waals surface area contributed by atoms with E-state index in [4.69, 9.17) is 9.47 Å². The zero-order valence-electron chi connectivity index (χ0n) is 15.3. The third-order valence-corrected chi connectivity index (χ3v) is 4.39. The Labute approximate surface area is 152 Å². The summed E-state index contributed by atoms with van der Waals surface area (Å²) in [5.74, 6) is 0.843. The zero-order valence-corrected chi connectivity index (χ0v) is 15.3. The number of amides is 1. The van der Waals surface area contributed by atoms with Crippen molar-refractivity contribution in [2.24, 2.45) is 0 Å². The van der Waals surface area contributed by atoms with E-state index in [1.807, 2.05) is 24.3 Å². The topological polar surface area (TPSA) is 73.7 Å². The van der Waals surface area contributed by atoms with E-state index in [1.54, 1.807) is 32.1 Å². The zero-order chi connectivity index (χ0) is 18.7. The van der Waals surface area contributed by atoms with Crippen LogP contribution < -0.4 is 4.74 Å². The SMILES string of the molecule is COc1ccc(Cn2cc3c(n2)CC(OC(=O)N(C)C)CCC3=O)cc1. The highest BCUT2D eigenvalue weighted by Crippen LogP contribution is 2.23. The van der Waals surface area contributed by atoms with Gasteiger partial charge < -0.3 is 14.4 Å². The summed E-state index contributed by atoms with van der Waals surface area (Å²) in [7, 11) is 4.91. The molecule has 2 aromatic rings. The Bertz CT molecular complexity index is 796. The molecule has 1 unspecified atom stereocenters. The summed E-state index contributed by atoms with van der Waals surface area (Å²) in [6.07, 6.45) is 2.39. The van der Waals surface area contributed by atoms with Crippen LogP contribution in [-0.4, -0.2) is 53.9 Å². The number of nitrogens with zero attached hydrogens (tertiary/aromatic N) is 3. The first-order chi connectivity index (χ1) is 12.5. The van der Waals surface area contributed by atoms with Crippen molar-refractivity contribution in [2.45, 2.75) is 31.9 Å². The van der Waals surface area contributed by atoms with E-state index >= 15 is 0 Å². The van der Waals surface area contributed by atoms with Gasteiger partial charge in [0.05, 0.1) is 24.9 Å². The van der Waals surface area contributed by atoms with Gasteiger partial charge in [-0.05, 0) is 24.1 Å². The molecule has 0 spiro atoms. The van der Waals surface area contributed by atoms with Gasteiger partial charge in [0.15, 0.2) is 5.78 Å². The first-order valence-corrected chi connectivity index (χ1v) is 8.56. The lowest BCUT2D eigenvalue weighted by Crippen LogP contribution is -2.29. The monoisotopic (exact) mass is 357 g/mol. The van der Waals surface area contributed by atoms with E-state index in [-0.39, 0.29) is 11.9 Å². The third kappa shape index (κ3) is 4.04. The Morgan fingerprint density at radius 1 is 1.31 bits per heavy atom. The summed E-state index contributed by atoms with van der Waals surface area (Å²) in [6.45, 7) is 0.562. The molecule has 138 valence electrons. The number of benzene rings is 1. The average molecular weight is 357 g/mol. The van der Waals surface area contributed by atoms with E-state index < -0.39 is 6.09 Å². The lowest BCUT2D eigenvalue weighted by Gasteiger charge is -2.18. The Morgan fingerprint density at radius 2 is 2.04 bits per heavy atom. The number of carbonyl (C=O) groups excluding carboxylic acids is 2. The minimum Gasteiger partial charge on any atom is -0.497 e. The second-order valence-electron chi connectivity index (χ2n) is 6.60. The third-order valence-electron chi connectivity index (χ3n) is 4.39. The molecule has 1 heterocycles. The Kier molecular flexibility index (Phi) is 5.25. The smallest absolute Gasteiger partial charge is 0.409 e. The number of ketones is 1. The molecule has 0 saturated heterocycles. The minimum absolute atomic E-state index is 0.0457. The predicted octanol–water partition coefficient (Wildman–Crippen LogP) is 2.53. The number of rotatable bonds is 4. The fourth-order valence-corrected chi connectivity index (χ4v) is 2.94. The maximum absolute atomic E-state index is 12.4. The van der Waals surface area contributed by atoms with Gasteiger partial charge in [-0.25, -0.2) is 4.79 Å². The Morgan fingerprint density at radius 3 is 2.69 bits per heavy atom. The highest BCUT2D eigenvalue weighted by Gasteiger charge is 2.27. The second-order valence-corrected chi connectivity index (χ2v) is 6.60.